The Morgan fingerprint density at radius 2 is 2.18 bits per heavy atom. The standard InChI is InChI=1S/C13H17N3O/c1-3-9-4-5-13(17-2)10(6-9)11-8-15-16-12(11)7-14/h4-6,8H,3,7,14H2,1-2H3,(H,15,16). The fourth-order valence-corrected chi connectivity index (χ4v) is 1.89. The lowest BCUT2D eigenvalue weighted by Gasteiger charge is -2.10. The van der Waals surface area contributed by atoms with E-state index in [-0.39, 0.29) is 0 Å². The molecule has 1 heterocycles. The summed E-state index contributed by atoms with van der Waals surface area (Å²) in [6, 6.07) is 6.19. The van der Waals surface area contributed by atoms with Crippen LogP contribution in [-0.4, -0.2) is 17.3 Å². The first-order valence-corrected chi connectivity index (χ1v) is 5.69. The van der Waals surface area contributed by atoms with E-state index in [2.05, 4.69) is 29.3 Å². The van der Waals surface area contributed by atoms with Crippen LogP contribution in [0.1, 0.15) is 18.2 Å². The van der Waals surface area contributed by atoms with Crippen LogP contribution in [0.4, 0.5) is 0 Å². The van der Waals surface area contributed by atoms with Crippen molar-refractivity contribution in [1.29, 1.82) is 0 Å². The Bertz CT molecular complexity index is 505. The monoisotopic (exact) mass is 231 g/mol. The molecule has 4 nitrogen and oxygen atoms in total. The average Bonchev–Trinajstić information content (AvgIpc) is 2.86. The van der Waals surface area contributed by atoms with Crippen molar-refractivity contribution in [3.05, 3.63) is 35.7 Å². The molecule has 3 N–H and O–H groups in total. The highest BCUT2D eigenvalue weighted by molar-refractivity contribution is 5.72. The zero-order valence-electron chi connectivity index (χ0n) is 10.2. The highest BCUT2D eigenvalue weighted by atomic mass is 16.5. The summed E-state index contributed by atoms with van der Waals surface area (Å²) >= 11 is 0. The van der Waals surface area contributed by atoms with E-state index in [1.807, 2.05) is 6.07 Å². The second-order valence-corrected chi connectivity index (χ2v) is 3.85. The maximum absolute atomic E-state index is 5.68. The number of hydrogen-bond acceptors (Lipinski definition) is 3. The number of nitrogens with two attached hydrogens (primary N) is 1. The number of benzene rings is 1. The van der Waals surface area contributed by atoms with Crippen molar-refractivity contribution in [1.82, 2.24) is 10.2 Å². The Morgan fingerprint density at radius 1 is 1.35 bits per heavy atom. The van der Waals surface area contributed by atoms with E-state index >= 15 is 0 Å². The summed E-state index contributed by atoms with van der Waals surface area (Å²) in [6.45, 7) is 2.57. The highest BCUT2D eigenvalue weighted by Gasteiger charge is 2.11. The number of nitrogens with zero attached hydrogens (tertiary/aromatic N) is 1. The Balaban J connectivity index is 2.56. The van der Waals surface area contributed by atoms with Crippen molar-refractivity contribution in [2.24, 2.45) is 5.73 Å². The summed E-state index contributed by atoms with van der Waals surface area (Å²) in [7, 11) is 1.67. The van der Waals surface area contributed by atoms with Crippen LogP contribution in [0.5, 0.6) is 5.75 Å². The van der Waals surface area contributed by atoms with E-state index in [1.165, 1.54) is 5.56 Å². The molecule has 0 fully saturated rings. The van der Waals surface area contributed by atoms with E-state index in [4.69, 9.17) is 10.5 Å². The number of rotatable bonds is 4. The summed E-state index contributed by atoms with van der Waals surface area (Å²) in [4.78, 5) is 0. The van der Waals surface area contributed by atoms with Crippen LogP contribution >= 0.6 is 0 Å². The molecule has 0 aliphatic rings. The van der Waals surface area contributed by atoms with E-state index in [9.17, 15) is 0 Å². The number of aromatic amines is 1. The maximum Gasteiger partial charge on any atom is 0.126 e. The Labute approximate surface area is 101 Å². The van der Waals surface area contributed by atoms with Gasteiger partial charge in [-0.2, -0.15) is 5.10 Å². The molecule has 0 amide bonds. The summed E-state index contributed by atoms with van der Waals surface area (Å²) in [6.07, 6.45) is 2.78. The first-order valence-electron chi connectivity index (χ1n) is 5.69. The second-order valence-electron chi connectivity index (χ2n) is 3.85. The Hall–Kier alpha value is -1.81. The van der Waals surface area contributed by atoms with Gasteiger partial charge in [-0.1, -0.05) is 13.0 Å². The van der Waals surface area contributed by atoms with Crippen LogP contribution in [0, 0.1) is 0 Å². The normalized spacial score (nSPS) is 10.5. The van der Waals surface area contributed by atoms with Gasteiger partial charge in [0.1, 0.15) is 5.75 Å². The SMILES string of the molecule is CCc1ccc(OC)c(-c2cn[nH]c2CN)c1. The molecule has 0 saturated carbocycles. The lowest BCUT2D eigenvalue weighted by Crippen LogP contribution is -1.99. The molecular formula is C13H17N3O. The molecule has 2 aromatic rings. The van der Waals surface area contributed by atoms with E-state index in [0.717, 1.165) is 29.0 Å². The van der Waals surface area contributed by atoms with Crippen molar-refractivity contribution in [2.45, 2.75) is 19.9 Å². The summed E-state index contributed by atoms with van der Waals surface area (Å²) in [5.74, 6) is 0.846. The summed E-state index contributed by atoms with van der Waals surface area (Å²) in [5, 5.41) is 6.95. The topological polar surface area (TPSA) is 63.9 Å². The van der Waals surface area contributed by atoms with E-state index in [0.29, 0.717) is 6.54 Å². The highest BCUT2D eigenvalue weighted by Crippen LogP contribution is 2.32. The van der Waals surface area contributed by atoms with Gasteiger partial charge < -0.3 is 10.5 Å². The van der Waals surface area contributed by atoms with Gasteiger partial charge in [-0.3, -0.25) is 5.10 Å². The molecule has 1 aromatic carbocycles. The third kappa shape index (κ3) is 2.17. The van der Waals surface area contributed by atoms with Gasteiger partial charge in [-0.05, 0) is 24.1 Å². The fraction of sp³-hybridized carbons (Fsp3) is 0.308. The molecule has 17 heavy (non-hydrogen) atoms. The van der Waals surface area contributed by atoms with Crippen molar-refractivity contribution >= 4 is 0 Å². The number of ether oxygens (including phenoxy) is 1. The smallest absolute Gasteiger partial charge is 0.126 e. The average molecular weight is 231 g/mol. The molecule has 1 aromatic heterocycles. The molecule has 0 spiro atoms. The van der Waals surface area contributed by atoms with Crippen LogP contribution in [0.3, 0.4) is 0 Å². The Kier molecular flexibility index (Phi) is 3.44. The molecule has 0 bridgehead atoms. The van der Waals surface area contributed by atoms with Gasteiger partial charge in [0.15, 0.2) is 0 Å². The first-order chi connectivity index (χ1) is 8.30. The zero-order chi connectivity index (χ0) is 12.3. The predicted octanol–water partition coefficient (Wildman–Crippen LogP) is 2.11. The van der Waals surface area contributed by atoms with Crippen LogP contribution in [0.2, 0.25) is 0 Å². The molecule has 4 heteroatoms. The molecule has 0 unspecified atom stereocenters. The minimum Gasteiger partial charge on any atom is -0.496 e. The number of hydrogen-bond donors (Lipinski definition) is 2. The number of H-pyrrole nitrogens is 1. The molecule has 2 rings (SSSR count). The quantitative estimate of drug-likeness (QED) is 0.847. The van der Waals surface area contributed by atoms with Crippen LogP contribution in [-0.2, 0) is 13.0 Å². The van der Waals surface area contributed by atoms with Gasteiger partial charge in [-0.15, -0.1) is 0 Å². The Morgan fingerprint density at radius 3 is 2.82 bits per heavy atom. The fourth-order valence-electron chi connectivity index (χ4n) is 1.89. The minimum atomic E-state index is 0.439. The van der Waals surface area contributed by atoms with Crippen molar-refractivity contribution in [3.8, 4) is 16.9 Å². The predicted molar refractivity (Wildman–Crippen MR) is 67.8 cm³/mol. The minimum absolute atomic E-state index is 0.439. The molecule has 0 saturated heterocycles. The van der Waals surface area contributed by atoms with Crippen molar-refractivity contribution in [2.75, 3.05) is 7.11 Å². The first kappa shape index (κ1) is 11.7. The van der Waals surface area contributed by atoms with Gasteiger partial charge in [0, 0.05) is 17.7 Å². The van der Waals surface area contributed by atoms with Gasteiger partial charge in [0.05, 0.1) is 19.0 Å². The van der Waals surface area contributed by atoms with Gasteiger partial charge in [0.25, 0.3) is 0 Å². The summed E-state index contributed by atoms with van der Waals surface area (Å²) in [5.41, 5.74) is 9.93. The van der Waals surface area contributed by atoms with Crippen molar-refractivity contribution in [3.63, 3.8) is 0 Å². The van der Waals surface area contributed by atoms with E-state index in [1.54, 1.807) is 13.3 Å². The number of aromatic nitrogens is 2. The molecule has 0 atom stereocenters. The molecule has 0 aliphatic carbocycles. The van der Waals surface area contributed by atoms with Crippen LogP contribution in [0.25, 0.3) is 11.1 Å². The molecule has 0 radical (unpaired) electrons. The summed E-state index contributed by atoms with van der Waals surface area (Å²) < 4.78 is 5.39. The van der Waals surface area contributed by atoms with E-state index < -0.39 is 0 Å². The number of methoxy groups -OCH3 is 1. The lowest BCUT2D eigenvalue weighted by molar-refractivity contribution is 0.416. The third-order valence-electron chi connectivity index (χ3n) is 2.88. The maximum atomic E-state index is 5.68. The van der Waals surface area contributed by atoms with Gasteiger partial charge >= 0.3 is 0 Å². The van der Waals surface area contributed by atoms with Crippen molar-refractivity contribution < 1.29 is 4.74 Å². The van der Waals surface area contributed by atoms with Crippen LogP contribution in [0.15, 0.2) is 24.4 Å². The third-order valence-corrected chi connectivity index (χ3v) is 2.88. The number of nitrogens with one attached hydrogen (secondary N) is 1. The zero-order valence-corrected chi connectivity index (χ0v) is 10.2. The van der Waals surface area contributed by atoms with Crippen LogP contribution < -0.4 is 10.5 Å². The second kappa shape index (κ2) is 5.01. The van der Waals surface area contributed by atoms with Gasteiger partial charge in [-0.25, -0.2) is 0 Å². The molecular weight excluding hydrogens is 214 g/mol. The molecule has 90 valence electrons. The largest absolute Gasteiger partial charge is 0.496 e. The van der Waals surface area contributed by atoms with Gasteiger partial charge in [0.2, 0.25) is 0 Å². The lowest BCUT2D eigenvalue weighted by atomic mass is 10.0. The number of aryl methyl sites for hydroxylation is 1. The molecule has 0 aliphatic heterocycles.